The molecule has 8 nitrogen and oxygen atoms in total. The van der Waals surface area contributed by atoms with E-state index in [0.717, 1.165) is 7.11 Å². The summed E-state index contributed by atoms with van der Waals surface area (Å²) >= 11 is 0. The monoisotopic (exact) mass is 338 g/mol. The minimum atomic E-state index is -1.16. The van der Waals surface area contributed by atoms with Gasteiger partial charge in [0.1, 0.15) is 5.60 Å². The lowest BCUT2D eigenvalue weighted by molar-refractivity contribution is -0.143. The maximum Gasteiger partial charge on any atom is 0.412 e. The van der Waals surface area contributed by atoms with E-state index in [-0.39, 0.29) is 5.56 Å². The third-order valence-electron chi connectivity index (χ3n) is 2.74. The zero-order valence-electron chi connectivity index (χ0n) is 14.1. The van der Waals surface area contributed by atoms with E-state index < -0.39 is 36.2 Å². The van der Waals surface area contributed by atoms with Crippen molar-refractivity contribution in [3.05, 3.63) is 29.8 Å². The first kappa shape index (κ1) is 19.4. The minimum absolute atomic E-state index is 0.200. The molecule has 3 N–H and O–H groups in total. The smallest absolute Gasteiger partial charge is 0.412 e. The van der Waals surface area contributed by atoms with Gasteiger partial charge in [-0.15, -0.1) is 0 Å². The number of amides is 2. The van der Waals surface area contributed by atoms with E-state index in [4.69, 9.17) is 9.84 Å². The Kier molecular flexibility index (Phi) is 6.72. The lowest BCUT2D eigenvalue weighted by Gasteiger charge is -2.19. The van der Waals surface area contributed by atoms with Gasteiger partial charge in [-0.1, -0.05) is 6.07 Å². The number of esters is 1. The number of hydrogen-bond donors (Lipinski definition) is 3. The molecule has 0 bridgehead atoms. The van der Waals surface area contributed by atoms with Crippen molar-refractivity contribution in [2.75, 3.05) is 19.0 Å². The highest BCUT2D eigenvalue weighted by Gasteiger charge is 2.21. The van der Waals surface area contributed by atoms with Crippen LogP contribution >= 0.6 is 0 Å². The molecule has 1 atom stereocenters. The Hall–Kier alpha value is -2.61. The first-order chi connectivity index (χ1) is 11.2. The fraction of sp³-hybridized carbons (Fsp3) is 0.438. The average Bonchev–Trinajstić information content (AvgIpc) is 2.49. The number of anilines is 1. The van der Waals surface area contributed by atoms with Crippen LogP contribution in [0.5, 0.6) is 0 Å². The van der Waals surface area contributed by atoms with E-state index >= 15 is 0 Å². The zero-order chi connectivity index (χ0) is 18.3. The predicted octanol–water partition coefficient (Wildman–Crippen LogP) is 1.30. The number of aliphatic hydroxyl groups excluding tert-OH is 1. The van der Waals surface area contributed by atoms with E-state index in [1.165, 1.54) is 12.1 Å². The van der Waals surface area contributed by atoms with Crippen molar-refractivity contribution < 1.29 is 29.0 Å². The van der Waals surface area contributed by atoms with Crippen molar-refractivity contribution in [2.45, 2.75) is 32.4 Å². The molecule has 132 valence electrons. The minimum Gasteiger partial charge on any atom is -0.467 e. The number of rotatable bonds is 5. The van der Waals surface area contributed by atoms with Crippen LogP contribution < -0.4 is 10.6 Å². The third-order valence-corrected chi connectivity index (χ3v) is 2.74. The van der Waals surface area contributed by atoms with Gasteiger partial charge in [-0.3, -0.25) is 10.1 Å². The van der Waals surface area contributed by atoms with Crippen LogP contribution in [-0.2, 0) is 14.3 Å². The molecule has 8 heteroatoms. The first-order valence-corrected chi connectivity index (χ1v) is 7.26. The number of hydrogen-bond acceptors (Lipinski definition) is 6. The summed E-state index contributed by atoms with van der Waals surface area (Å²) in [4.78, 5) is 35.2. The number of benzene rings is 1. The van der Waals surface area contributed by atoms with E-state index in [9.17, 15) is 14.4 Å². The Balaban J connectivity index is 2.79. The molecule has 0 aliphatic carbocycles. The number of carbonyl (C=O) groups excluding carboxylic acids is 3. The highest BCUT2D eigenvalue weighted by Crippen LogP contribution is 2.14. The van der Waals surface area contributed by atoms with E-state index in [1.54, 1.807) is 32.9 Å². The molecule has 0 radical (unpaired) electrons. The van der Waals surface area contributed by atoms with Gasteiger partial charge in [-0.25, -0.2) is 9.59 Å². The van der Waals surface area contributed by atoms with Crippen LogP contribution in [0.25, 0.3) is 0 Å². The fourth-order valence-corrected chi connectivity index (χ4v) is 1.72. The van der Waals surface area contributed by atoms with Crippen LogP contribution in [-0.4, -0.2) is 48.4 Å². The molecule has 0 saturated heterocycles. The summed E-state index contributed by atoms with van der Waals surface area (Å²) in [6, 6.07) is 4.91. The Morgan fingerprint density at radius 3 is 2.46 bits per heavy atom. The topological polar surface area (TPSA) is 114 Å². The molecule has 1 rings (SSSR count). The van der Waals surface area contributed by atoms with Crippen molar-refractivity contribution in [3.63, 3.8) is 0 Å². The summed E-state index contributed by atoms with van der Waals surface area (Å²) in [5, 5.41) is 14.0. The number of methoxy groups -OCH3 is 1. The molecule has 24 heavy (non-hydrogen) atoms. The van der Waals surface area contributed by atoms with Crippen molar-refractivity contribution in [3.8, 4) is 0 Å². The number of carbonyl (C=O) groups is 3. The highest BCUT2D eigenvalue weighted by molar-refractivity contribution is 5.98. The second-order valence-corrected chi connectivity index (χ2v) is 5.94. The number of nitrogens with one attached hydrogen (secondary N) is 2. The van der Waals surface area contributed by atoms with Gasteiger partial charge < -0.3 is 19.9 Å². The van der Waals surface area contributed by atoms with Gasteiger partial charge in [0.05, 0.1) is 13.7 Å². The van der Waals surface area contributed by atoms with Crippen LogP contribution in [0.2, 0.25) is 0 Å². The molecular formula is C16H22N2O6. The van der Waals surface area contributed by atoms with Crippen LogP contribution in [0.4, 0.5) is 10.5 Å². The summed E-state index contributed by atoms with van der Waals surface area (Å²) in [5.41, 5.74) is -0.0880. The van der Waals surface area contributed by atoms with Crippen molar-refractivity contribution in [1.29, 1.82) is 0 Å². The summed E-state index contributed by atoms with van der Waals surface area (Å²) < 4.78 is 9.60. The van der Waals surface area contributed by atoms with Crippen LogP contribution in [0, 0.1) is 0 Å². The zero-order valence-corrected chi connectivity index (χ0v) is 14.1. The van der Waals surface area contributed by atoms with Gasteiger partial charge in [0, 0.05) is 11.3 Å². The van der Waals surface area contributed by atoms with Gasteiger partial charge in [-0.2, -0.15) is 0 Å². The summed E-state index contributed by atoms with van der Waals surface area (Å²) in [5.74, 6) is -1.35. The van der Waals surface area contributed by atoms with E-state index in [2.05, 4.69) is 15.4 Å². The molecule has 0 saturated carbocycles. The lowest BCUT2D eigenvalue weighted by Crippen LogP contribution is -2.44. The quantitative estimate of drug-likeness (QED) is 0.697. The molecular weight excluding hydrogens is 316 g/mol. The summed E-state index contributed by atoms with van der Waals surface area (Å²) in [6.45, 7) is 4.61. The molecule has 1 aromatic carbocycles. The molecule has 1 aromatic rings. The van der Waals surface area contributed by atoms with Gasteiger partial charge in [0.15, 0.2) is 6.04 Å². The van der Waals surface area contributed by atoms with Gasteiger partial charge in [-0.05, 0) is 39.0 Å². The molecule has 2 amide bonds. The molecule has 0 aliphatic heterocycles. The standard InChI is InChI=1S/C16H22N2O6/c1-16(2,3)24-15(22)17-11-7-5-6-10(8-11)13(20)18-12(9-19)14(21)23-4/h5-8,12,19H,9H2,1-4H3,(H,17,22)(H,18,20)/t12-/m0/s1. The Bertz CT molecular complexity index is 609. The van der Waals surface area contributed by atoms with Gasteiger partial charge >= 0.3 is 12.1 Å². The molecule has 0 heterocycles. The van der Waals surface area contributed by atoms with E-state index in [0.29, 0.717) is 5.69 Å². The van der Waals surface area contributed by atoms with Crippen molar-refractivity contribution >= 4 is 23.7 Å². The van der Waals surface area contributed by atoms with Crippen molar-refractivity contribution in [1.82, 2.24) is 5.32 Å². The molecule has 0 fully saturated rings. The summed E-state index contributed by atoms with van der Waals surface area (Å²) in [6.07, 6.45) is -0.650. The van der Waals surface area contributed by atoms with Crippen molar-refractivity contribution in [2.24, 2.45) is 0 Å². The largest absolute Gasteiger partial charge is 0.467 e. The molecule has 0 unspecified atom stereocenters. The fourth-order valence-electron chi connectivity index (χ4n) is 1.72. The normalized spacial score (nSPS) is 12.0. The van der Waals surface area contributed by atoms with Crippen LogP contribution in [0.15, 0.2) is 24.3 Å². The number of aliphatic hydroxyl groups is 1. The molecule has 0 aromatic heterocycles. The Morgan fingerprint density at radius 2 is 1.92 bits per heavy atom. The summed E-state index contributed by atoms with van der Waals surface area (Å²) in [7, 11) is 1.16. The van der Waals surface area contributed by atoms with E-state index in [1.807, 2.05) is 0 Å². The SMILES string of the molecule is COC(=O)[C@H](CO)NC(=O)c1cccc(NC(=O)OC(C)(C)C)c1. The van der Waals surface area contributed by atoms with Crippen LogP contribution in [0.1, 0.15) is 31.1 Å². The first-order valence-electron chi connectivity index (χ1n) is 7.26. The average molecular weight is 338 g/mol. The maximum absolute atomic E-state index is 12.1. The van der Waals surface area contributed by atoms with Gasteiger partial charge in [0.25, 0.3) is 5.91 Å². The third kappa shape index (κ3) is 6.25. The lowest BCUT2D eigenvalue weighted by atomic mass is 10.1. The second kappa shape index (κ2) is 8.30. The second-order valence-electron chi connectivity index (χ2n) is 5.94. The van der Waals surface area contributed by atoms with Crippen LogP contribution in [0.3, 0.4) is 0 Å². The number of ether oxygens (including phenoxy) is 2. The molecule has 0 spiro atoms. The Labute approximate surface area is 140 Å². The predicted molar refractivity (Wildman–Crippen MR) is 86.7 cm³/mol. The maximum atomic E-state index is 12.1. The molecule has 0 aliphatic rings. The van der Waals surface area contributed by atoms with Gasteiger partial charge in [0.2, 0.25) is 0 Å². The highest BCUT2D eigenvalue weighted by atomic mass is 16.6. The Morgan fingerprint density at radius 1 is 1.25 bits per heavy atom.